The van der Waals surface area contributed by atoms with Crippen molar-refractivity contribution in [2.75, 3.05) is 33.4 Å². The molecule has 1 heterocycles. The highest BCUT2D eigenvalue weighted by atomic mass is 32.2. The fourth-order valence-corrected chi connectivity index (χ4v) is 4.36. The Morgan fingerprint density at radius 3 is 2.76 bits per heavy atom. The molecule has 0 atom stereocenters. The van der Waals surface area contributed by atoms with Crippen LogP contribution in [-0.2, 0) is 27.7 Å². The van der Waals surface area contributed by atoms with Crippen molar-refractivity contribution in [1.29, 1.82) is 0 Å². The Morgan fingerprint density at radius 2 is 2.00 bits per heavy atom. The van der Waals surface area contributed by atoms with Crippen molar-refractivity contribution < 1.29 is 22.7 Å². The first kappa shape index (κ1) is 21.3. The van der Waals surface area contributed by atoms with Crippen molar-refractivity contribution in [1.82, 2.24) is 9.62 Å². The van der Waals surface area contributed by atoms with Gasteiger partial charge >= 0.3 is 0 Å². The van der Waals surface area contributed by atoms with Gasteiger partial charge in [-0.25, -0.2) is 13.1 Å². The summed E-state index contributed by atoms with van der Waals surface area (Å²) in [4.78, 5) is 14.8. The van der Waals surface area contributed by atoms with Gasteiger partial charge in [0.2, 0.25) is 10.0 Å². The van der Waals surface area contributed by atoms with E-state index in [0.717, 1.165) is 17.7 Å². The lowest BCUT2D eigenvalue weighted by molar-refractivity contribution is 0.0734. The van der Waals surface area contributed by atoms with E-state index in [2.05, 4.69) is 4.72 Å². The van der Waals surface area contributed by atoms with Crippen molar-refractivity contribution in [3.63, 3.8) is 0 Å². The molecule has 0 saturated heterocycles. The number of benzene rings is 2. The molecule has 2 aromatic rings. The Morgan fingerprint density at radius 1 is 1.17 bits per heavy atom. The maximum atomic E-state index is 13.0. The van der Waals surface area contributed by atoms with E-state index >= 15 is 0 Å². The van der Waals surface area contributed by atoms with Crippen LogP contribution in [0.2, 0.25) is 0 Å². The molecule has 0 saturated carbocycles. The highest BCUT2D eigenvalue weighted by molar-refractivity contribution is 7.89. The Kier molecular flexibility index (Phi) is 6.89. The molecule has 0 unspecified atom stereocenters. The van der Waals surface area contributed by atoms with Gasteiger partial charge in [-0.2, -0.15) is 0 Å². The Labute approximate surface area is 171 Å². The molecule has 0 aromatic heterocycles. The lowest BCUT2D eigenvalue weighted by Crippen LogP contribution is -2.36. The molecule has 8 heteroatoms. The van der Waals surface area contributed by atoms with E-state index in [4.69, 9.17) is 9.47 Å². The molecule has 3 rings (SSSR count). The maximum Gasteiger partial charge on any atom is 0.254 e. The van der Waals surface area contributed by atoms with E-state index in [1.54, 1.807) is 17.0 Å². The highest BCUT2D eigenvalue weighted by Crippen LogP contribution is 2.25. The zero-order valence-electron chi connectivity index (χ0n) is 16.7. The summed E-state index contributed by atoms with van der Waals surface area (Å²) in [5, 5.41) is 0. The summed E-state index contributed by atoms with van der Waals surface area (Å²) in [6.07, 6.45) is 0.754. The van der Waals surface area contributed by atoms with E-state index in [0.29, 0.717) is 25.3 Å². The van der Waals surface area contributed by atoms with Crippen LogP contribution in [0.5, 0.6) is 5.75 Å². The van der Waals surface area contributed by atoms with Crippen LogP contribution in [0.4, 0.5) is 0 Å². The molecule has 0 radical (unpaired) electrons. The molecule has 7 nitrogen and oxygen atoms in total. The summed E-state index contributed by atoms with van der Waals surface area (Å²) in [5.41, 5.74) is 2.61. The monoisotopic (exact) mass is 418 g/mol. The number of hydrogen-bond acceptors (Lipinski definition) is 5. The second kappa shape index (κ2) is 9.39. The topological polar surface area (TPSA) is 84.9 Å². The van der Waals surface area contributed by atoms with Crippen molar-refractivity contribution in [3.8, 4) is 5.75 Å². The second-order valence-corrected chi connectivity index (χ2v) is 8.53. The van der Waals surface area contributed by atoms with Gasteiger partial charge in [-0.3, -0.25) is 4.79 Å². The van der Waals surface area contributed by atoms with Crippen LogP contribution in [0.15, 0.2) is 47.4 Å². The zero-order chi connectivity index (χ0) is 20.9. The molecule has 0 aliphatic carbocycles. The van der Waals surface area contributed by atoms with Crippen molar-refractivity contribution >= 4 is 15.9 Å². The van der Waals surface area contributed by atoms with Crippen molar-refractivity contribution in [2.45, 2.75) is 24.8 Å². The summed E-state index contributed by atoms with van der Waals surface area (Å²) in [5.74, 6) is 0.599. The molecule has 1 aliphatic heterocycles. The Balaban J connectivity index is 1.76. The van der Waals surface area contributed by atoms with Crippen LogP contribution >= 0.6 is 0 Å². The number of nitrogens with zero attached hydrogens (tertiary/aromatic N) is 1. The first-order chi connectivity index (χ1) is 13.9. The van der Waals surface area contributed by atoms with Gasteiger partial charge in [-0.1, -0.05) is 12.1 Å². The minimum atomic E-state index is -3.70. The minimum absolute atomic E-state index is 0.0653. The summed E-state index contributed by atoms with van der Waals surface area (Å²) in [6.45, 7) is 4.01. The lowest BCUT2D eigenvalue weighted by Gasteiger charge is -2.29. The number of nitrogens with one attached hydrogen (secondary N) is 1. The normalized spacial score (nSPS) is 13.8. The van der Waals surface area contributed by atoms with Gasteiger partial charge < -0.3 is 14.4 Å². The molecule has 1 N–H and O–H groups in total. The molecule has 29 heavy (non-hydrogen) atoms. The molecule has 156 valence electrons. The molecule has 1 amide bonds. The number of hydrogen-bond donors (Lipinski definition) is 1. The minimum Gasteiger partial charge on any atom is -0.494 e. The molecule has 2 aromatic carbocycles. The van der Waals surface area contributed by atoms with E-state index in [1.165, 1.54) is 24.8 Å². The molecular formula is C21H26N2O5S. The van der Waals surface area contributed by atoms with Crippen LogP contribution in [0.3, 0.4) is 0 Å². The third kappa shape index (κ3) is 5.14. The number of ether oxygens (including phenoxy) is 2. The van der Waals surface area contributed by atoms with Crippen LogP contribution in [0.1, 0.15) is 28.4 Å². The fourth-order valence-electron chi connectivity index (χ4n) is 3.30. The fraction of sp³-hybridized carbons (Fsp3) is 0.381. The maximum absolute atomic E-state index is 13.0. The van der Waals surface area contributed by atoms with Gasteiger partial charge in [-0.15, -0.1) is 0 Å². The van der Waals surface area contributed by atoms with Crippen LogP contribution < -0.4 is 9.46 Å². The number of rotatable bonds is 8. The van der Waals surface area contributed by atoms with Crippen molar-refractivity contribution in [3.05, 3.63) is 59.2 Å². The first-order valence-corrected chi connectivity index (χ1v) is 11.1. The smallest absolute Gasteiger partial charge is 0.254 e. The summed E-state index contributed by atoms with van der Waals surface area (Å²) >= 11 is 0. The average molecular weight is 419 g/mol. The Bertz CT molecular complexity index is 975. The average Bonchev–Trinajstić information content (AvgIpc) is 2.73. The summed E-state index contributed by atoms with van der Waals surface area (Å²) in [6, 6.07) is 12.1. The van der Waals surface area contributed by atoms with Crippen LogP contribution in [0.25, 0.3) is 0 Å². The predicted octanol–water partition coefficient (Wildman–Crippen LogP) is 2.21. The summed E-state index contributed by atoms with van der Waals surface area (Å²) in [7, 11) is -2.20. The van der Waals surface area contributed by atoms with Gasteiger partial charge in [0.05, 0.1) is 18.1 Å². The predicted molar refractivity (Wildman–Crippen MR) is 110 cm³/mol. The first-order valence-electron chi connectivity index (χ1n) is 9.57. The second-order valence-electron chi connectivity index (χ2n) is 6.76. The van der Waals surface area contributed by atoms with E-state index in [9.17, 15) is 13.2 Å². The number of carbonyl (C=O) groups excluding carboxylic acids is 1. The number of carbonyl (C=O) groups is 1. The molecule has 1 aliphatic rings. The summed E-state index contributed by atoms with van der Waals surface area (Å²) < 4.78 is 37.7. The van der Waals surface area contributed by atoms with E-state index < -0.39 is 10.0 Å². The zero-order valence-corrected chi connectivity index (χ0v) is 17.5. The van der Waals surface area contributed by atoms with Crippen molar-refractivity contribution in [2.24, 2.45) is 0 Å². The van der Waals surface area contributed by atoms with Crippen LogP contribution in [-0.4, -0.2) is 52.6 Å². The van der Waals surface area contributed by atoms with Gasteiger partial charge in [0.15, 0.2) is 0 Å². The largest absolute Gasteiger partial charge is 0.494 e. The molecular weight excluding hydrogens is 392 g/mol. The van der Waals surface area contributed by atoms with Gasteiger partial charge in [0.25, 0.3) is 5.91 Å². The van der Waals surface area contributed by atoms with E-state index in [-0.39, 0.29) is 24.0 Å². The highest BCUT2D eigenvalue weighted by Gasteiger charge is 2.23. The number of fused-ring (bicyclic) bond motifs is 1. The molecule has 0 fully saturated rings. The number of amides is 1. The van der Waals surface area contributed by atoms with Gasteiger partial charge in [0.1, 0.15) is 5.75 Å². The van der Waals surface area contributed by atoms with Gasteiger partial charge in [0, 0.05) is 32.3 Å². The third-order valence-electron chi connectivity index (χ3n) is 4.78. The Hall–Kier alpha value is -2.42. The standard InChI is InChI=1S/C21H26N2O5S/c1-3-28-19-8-7-16-9-11-23(15-18(16)13-19)21(24)17-5-4-6-20(14-17)29(25,26)22-10-12-27-2/h4-8,13-14,22H,3,9-12,15H2,1-2H3. The van der Waals surface area contributed by atoms with Gasteiger partial charge in [-0.05, 0) is 54.8 Å². The molecule has 0 spiro atoms. The quantitative estimate of drug-likeness (QED) is 0.665. The van der Waals surface area contributed by atoms with E-state index in [1.807, 2.05) is 25.1 Å². The number of sulfonamides is 1. The number of methoxy groups -OCH3 is 1. The molecule has 0 bridgehead atoms. The third-order valence-corrected chi connectivity index (χ3v) is 6.24. The SMILES string of the molecule is CCOc1ccc2c(c1)CN(C(=O)c1cccc(S(=O)(=O)NCCOC)c1)CC2. The lowest BCUT2D eigenvalue weighted by atomic mass is 9.99. The van der Waals surface area contributed by atoms with Crippen LogP contribution in [0, 0.1) is 0 Å².